The lowest BCUT2D eigenvalue weighted by atomic mass is 9.63. The summed E-state index contributed by atoms with van der Waals surface area (Å²) in [6.45, 7) is 21.2. The predicted molar refractivity (Wildman–Crippen MR) is 128 cm³/mol. The predicted octanol–water partition coefficient (Wildman–Crippen LogP) is 5.35. The average molecular weight is 412 g/mol. The third kappa shape index (κ3) is 5.18. The molecule has 166 valence electrons. The Morgan fingerprint density at radius 2 is 1.43 bits per heavy atom. The zero-order valence-corrected chi connectivity index (χ0v) is 20.3. The van der Waals surface area contributed by atoms with Crippen molar-refractivity contribution in [2.75, 3.05) is 31.1 Å². The van der Waals surface area contributed by atoms with Crippen molar-refractivity contribution in [2.45, 2.75) is 79.1 Å². The highest BCUT2D eigenvalue weighted by molar-refractivity contribution is 5.61. The molecule has 1 aromatic heterocycles. The quantitative estimate of drug-likeness (QED) is 0.722. The van der Waals surface area contributed by atoms with E-state index in [2.05, 4.69) is 66.1 Å². The van der Waals surface area contributed by atoms with Gasteiger partial charge in [-0.3, -0.25) is 0 Å². The van der Waals surface area contributed by atoms with Gasteiger partial charge >= 0.3 is 0 Å². The van der Waals surface area contributed by atoms with Crippen LogP contribution >= 0.6 is 0 Å². The van der Waals surface area contributed by atoms with Crippen LogP contribution in [0.4, 0.5) is 5.95 Å². The molecular formula is C25H41N5. The lowest BCUT2D eigenvalue weighted by Gasteiger charge is -2.42. The standard InChI is InChI=1S/C21H29N5.2C2H6/c1-20(2)7-8-21(3,4)17-13-15(5-6-16(17)20)18-23-14-24-19(25-18)26-11-9-22-10-12-26;2*1-2/h5-6,13-14,22H,7-12H2,1-4H3;2*1-2H3. The van der Waals surface area contributed by atoms with Gasteiger partial charge in [0.1, 0.15) is 6.33 Å². The smallest absolute Gasteiger partial charge is 0.228 e. The first kappa shape index (κ1) is 24.3. The van der Waals surface area contributed by atoms with E-state index in [9.17, 15) is 0 Å². The maximum atomic E-state index is 4.78. The molecule has 30 heavy (non-hydrogen) atoms. The second-order valence-corrected chi connectivity index (χ2v) is 8.87. The van der Waals surface area contributed by atoms with E-state index in [1.54, 1.807) is 6.33 Å². The molecule has 1 fully saturated rings. The van der Waals surface area contributed by atoms with Crippen LogP contribution in [0, 0.1) is 0 Å². The first-order valence-corrected chi connectivity index (χ1v) is 11.7. The van der Waals surface area contributed by atoms with E-state index in [0.717, 1.165) is 43.5 Å². The molecule has 0 spiro atoms. The minimum atomic E-state index is 0.190. The van der Waals surface area contributed by atoms with Gasteiger partial charge in [0.15, 0.2) is 5.82 Å². The first-order chi connectivity index (χ1) is 14.4. The molecule has 5 heteroatoms. The van der Waals surface area contributed by atoms with Crippen molar-refractivity contribution in [3.05, 3.63) is 35.7 Å². The molecule has 1 aliphatic heterocycles. The van der Waals surface area contributed by atoms with Gasteiger partial charge in [-0.05, 0) is 40.9 Å². The van der Waals surface area contributed by atoms with Crippen molar-refractivity contribution in [1.29, 1.82) is 0 Å². The van der Waals surface area contributed by atoms with Gasteiger partial charge < -0.3 is 10.2 Å². The average Bonchev–Trinajstić information content (AvgIpc) is 2.80. The van der Waals surface area contributed by atoms with Gasteiger partial charge in [-0.25, -0.2) is 9.97 Å². The molecule has 5 nitrogen and oxygen atoms in total. The van der Waals surface area contributed by atoms with Crippen molar-refractivity contribution in [3.63, 3.8) is 0 Å². The topological polar surface area (TPSA) is 53.9 Å². The maximum Gasteiger partial charge on any atom is 0.228 e. The Bertz CT molecular complexity index is 807. The van der Waals surface area contributed by atoms with Gasteiger partial charge in [0, 0.05) is 31.7 Å². The summed E-state index contributed by atoms with van der Waals surface area (Å²) >= 11 is 0. The van der Waals surface area contributed by atoms with Crippen LogP contribution in [-0.2, 0) is 10.8 Å². The molecular weight excluding hydrogens is 370 g/mol. The maximum absolute atomic E-state index is 4.78. The van der Waals surface area contributed by atoms with Crippen LogP contribution in [0.2, 0.25) is 0 Å². The molecule has 1 saturated heterocycles. The number of anilines is 1. The molecule has 0 amide bonds. The zero-order valence-electron chi connectivity index (χ0n) is 20.3. The molecule has 0 radical (unpaired) electrons. The first-order valence-electron chi connectivity index (χ1n) is 11.7. The summed E-state index contributed by atoms with van der Waals surface area (Å²) in [6.07, 6.45) is 4.08. The summed E-state index contributed by atoms with van der Waals surface area (Å²) in [6, 6.07) is 6.78. The van der Waals surface area contributed by atoms with Crippen LogP contribution in [0.25, 0.3) is 11.4 Å². The normalized spacial score (nSPS) is 18.9. The van der Waals surface area contributed by atoms with E-state index in [-0.39, 0.29) is 10.8 Å². The summed E-state index contributed by atoms with van der Waals surface area (Å²) in [4.78, 5) is 15.9. The SMILES string of the molecule is CC.CC.CC1(C)CCC(C)(C)c2cc(-c3ncnc(N4CCNCC4)n3)ccc21. The molecule has 4 rings (SSSR count). The minimum absolute atomic E-state index is 0.190. The van der Waals surface area contributed by atoms with Gasteiger partial charge in [-0.15, -0.1) is 0 Å². The molecule has 0 unspecified atom stereocenters. The highest BCUT2D eigenvalue weighted by atomic mass is 15.3. The molecule has 1 aromatic carbocycles. The van der Waals surface area contributed by atoms with Crippen molar-refractivity contribution < 1.29 is 0 Å². The molecule has 0 bridgehead atoms. The number of nitrogens with zero attached hydrogens (tertiary/aromatic N) is 4. The fourth-order valence-electron chi connectivity index (χ4n) is 4.17. The van der Waals surface area contributed by atoms with Crippen LogP contribution in [0.3, 0.4) is 0 Å². The van der Waals surface area contributed by atoms with Gasteiger partial charge in [-0.2, -0.15) is 4.98 Å². The zero-order chi connectivity index (χ0) is 22.4. The van der Waals surface area contributed by atoms with Crippen LogP contribution < -0.4 is 10.2 Å². The lowest BCUT2D eigenvalue weighted by molar-refractivity contribution is 0.332. The summed E-state index contributed by atoms with van der Waals surface area (Å²) < 4.78 is 0. The largest absolute Gasteiger partial charge is 0.338 e. The van der Waals surface area contributed by atoms with E-state index in [4.69, 9.17) is 4.98 Å². The number of benzene rings is 1. The Morgan fingerprint density at radius 3 is 2.07 bits per heavy atom. The van der Waals surface area contributed by atoms with E-state index in [0.29, 0.717) is 0 Å². The van der Waals surface area contributed by atoms with Crippen molar-refractivity contribution in [3.8, 4) is 11.4 Å². The molecule has 1 N–H and O–H groups in total. The monoisotopic (exact) mass is 411 g/mol. The van der Waals surface area contributed by atoms with Crippen LogP contribution in [0.5, 0.6) is 0 Å². The summed E-state index contributed by atoms with van der Waals surface area (Å²) in [5, 5.41) is 3.37. The number of hydrogen-bond acceptors (Lipinski definition) is 5. The number of nitrogens with one attached hydrogen (secondary N) is 1. The highest BCUT2D eigenvalue weighted by Crippen LogP contribution is 2.46. The second-order valence-electron chi connectivity index (χ2n) is 8.87. The Kier molecular flexibility index (Phi) is 8.36. The molecule has 2 aromatic rings. The second kappa shape index (κ2) is 10.3. The molecule has 2 heterocycles. The van der Waals surface area contributed by atoms with Crippen molar-refractivity contribution in [1.82, 2.24) is 20.3 Å². The Hall–Kier alpha value is -2.01. The molecule has 1 aliphatic carbocycles. The van der Waals surface area contributed by atoms with Crippen molar-refractivity contribution in [2.24, 2.45) is 0 Å². The number of piperazine rings is 1. The van der Waals surface area contributed by atoms with Crippen molar-refractivity contribution >= 4 is 5.95 Å². The molecule has 0 atom stereocenters. The highest BCUT2D eigenvalue weighted by Gasteiger charge is 2.37. The van der Waals surface area contributed by atoms with E-state index < -0.39 is 0 Å². The third-order valence-corrected chi connectivity index (χ3v) is 6.07. The fraction of sp³-hybridized carbons (Fsp3) is 0.640. The number of fused-ring (bicyclic) bond motifs is 1. The van der Waals surface area contributed by atoms with Crippen LogP contribution in [0.15, 0.2) is 24.5 Å². The Morgan fingerprint density at radius 1 is 0.833 bits per heavy atom. The number of rotatable bonds is 2. The summed E-state index contributed by atoms with van der Waals surface area (Å²) in [5.41, 5.74) is 4.42. The summed E-state index contributed by atoms with van der Waals surface area (Å²) in [5.74, 6) is 1.56. The minimum Gasteiger partial charge on any atom is -0.338 e. The van der Waals surface area contributed by atoms with E-state index >= 15 is 0 Å². The van der Waals surface area contributed by atoms with Gasteiger partial charge in [0.2, 0.25) is 5.95 Å². The summed E-state index contributed by atoms with van der Waals surface area (Å²) in [7, 11) is 0. The molecule has 2 aliphatic rings. The number of aromatic nitrogens is 3. The van der Waals surface area contributed by atoms with E-state index in [1.165, 1.54) is 24.0 Å². The van der Waals surface area contributed by atoms with Gasteiger partial charge in [0.25, 0.3) is 0 Å². The Labute approximate surface area is 183 Å². The van der Waals surface area contributed by atoms with E-state index in [1.807, 2.05) is 27.7 Å². The van der Waals surface area contributed by atoms with Gasteiger partial charge in [0.05, 0.1) is 0 Å². The Balaban J connectivity index is 0.000000757. The third-order valence-electron chi connectivity index (χ3n) is 6.07. The number of hydrogen-bond donors (Lipinski definition) is 1. The lowest BCUT2D eigenvalue weighted by Crippen LogP contribution is -2.44. The van der Waals surface area contributed by atoms with Gasteiger partial charge in [-0.1, -0.05) is 67.5 Å². The van der Waals surface area contributed by atoms with Crippen LogP contribution in [0.1, 0.15) is 79.4 Å². The fourth-order valence-corrected chi connectivity index (χ4v) is 4.17. The molecule has 0 saturated carbocycles. The van der Waals surface area contributed by atoms with Crippen LogP contribution in [-0.4, -0.2) is 41.1 Å².